The summed E-state index contributed by atoms with van der Waals surface area (Å²) >= 11 is 1.73. The zero-order chi connectivity index (χ0) is 14.7. The Bertz CT molecular complexity index is 576. The third kappa shape index (κ3) is 3.63. The first-order valence-electron chi connectivity index (χ1n) is 7.48. The van der Waals surface area contributed by atoms with Crippen LogP contribution in [0.3, 0.4) is 0 Å². The van der Waals surface area contributed by atoms with Gasteiger partial charge in [0, 0.05) is 11.8 Å². The van der Waals surface area contributed by atoms with Crippen molar-refractivity contribution in [2.24, 2.45) is 0 Å². The predicted octanol–water partition coefficient (Wildman–Crippen LogP) is 2.76. The van der Waals surface area contributed by atoms with E-state index in [1.807, 2.05) is 4.68 Å². The molecule has 3 rings (SSSR count). The van der Waals surface area contributed by atoms with Gasteiger partial charge in [0.2, 0.25) is 5.16 Å². The summed E-state index contributed by atoms with van der Waals surface area (Å²) in [5.74, 6) is 0.935. The van der Waals surface area contributed by atoms with E-state index >= 15 is 0 Å². The standard InChI is InChI=1S/C15H21N5S/c1-3-16-14(12-6-4-11(2)5-7-12)10-21-15-17-18-19-20(15)13-8-9-13/h4-7,13-14,16H,3,8-10H2,1-2H3. The van der Waals surface area contributed by atoms with Crippen LogP contribution in [0.4, 0.5) is 0 Å². The van der Waals surface area contributed by atoms with Gasteiger partial charge in [-0.1, -0.05) is 48.5 Å². The number of benzene rings is 1. The Hall–Kier alpha value is -1.40. The molecule has 1 aromatic carbocycles. The van der Waals surface area contributed by atoms with E-state index in [0.29, 0.717) is 12.1 Å². The Kier molecular flexibility index (Phi) is 4.55. The first-order valence-corrected chi connectivity index (χ1v) is 8.47. The maximum Gasteiger partial charge on any atom is 0.209 e. The Morgan fingerprint density at radius 3 is 2.76 bits per heavy atom. The number of rotatable bonds is 7. The van der Waals surface area contributed by atoms with E-state index in [4.69, 9.17) is 0 Å². The van der Waals surface area contributed by atoms with Crippen molar-refractivity contribution < 1.29 is 0 Å². The molecule has 1 aromatic heterocycles. The molecule has 1 saturated carbocycles. The smallest absolute Gasteiger partial charge is 0.209 e. The summed E-state index contributed by atoms with van der Waals surface area (Å²) in [5.41, 5.74) is 2.61. The van der Waals surface area contributed by atoms with Crippen LogP contribution >= 0.6 is 11.8 Å². The molecule has 1 unspecified atom stereocenters. The molecule has 21 heavy (non-hydrogen) atoms. The molecule has 1 atom stereocenters. The van der Waals surface area contributed by atoms with E-state index in [2.05, 4.69) is 59.0 Å². The van der Waals surface area contributed by atoms with Crippen LogP contribution in [0.25, 0.3) is 0 Å². The third-order valence-electron chi connectivity index (χ3n) is 3.66. The summed E-state index contributed by atoms with van der Waals surface area (Å²) in [6.45, 7) is 5.21. The summed E-state index contributed by atoms with van der Waals surface area (Å²) < 4.78 is 1.98. The number of tetrazole rings is 1. The minimum atomic E-state index is 0.324. The van der Waals surface area contributed by atoms with E-state index in [1.165, 1.54) is 24.0 Å². The van der Waals surface area contributed by atoms with Crippen LogP contribution in [0.5, 0.6) is 0 Å². The van der Waals surface area contributed by atoms with Crippen molar-refractivity contribution in [3.63, 3.8) is 0 Å². The average Bonchev–Trinajstić information content (AvgIpc) is 3.23. The van der Waals surface area contributed by atoms with E-state index in [1.54, 1.807) is 11.8 Å². The second kappa shape index (κ2) is 6.58. The van der Waals surface area contributed by atoms with Crippen LogP contribution < -0.4 is 5.32 Å². The van der Waals surface area contributed by atoms with Crippen LogP contribution in [0.15, 0.2) is 29.4 Å². The molecule has 6 heteroatoms. The third-order valence-corrected chi connectivity index (χ3v) is 4.69. The van der Waals surface area contributed by atoms with Crippen LogP contribution in [0.1, 0.15) is 43.0 Å². The highest BCUT2D eigenvalue weighted by Gasteiger charge is 2.28. The highest BCUT2D eigenvalue weighted by molar-refractivity contribution is 7.99. The van der Waals surface area contributed by atoms with Gasteiger partial charge in [-0.3, -0.25) is 0 Å². The minimum Gasteiger partial charge on any atom is -0.309 e. The molecule has 0 radical (unpaired) electrons. The Labute approximate surface area is 129 Å². The van der Waals surface area contributed by atoms with Crippen molar-refractivity contribution in [1.29, 1.82) is 0 Å². The van der Waals surface area contributed by atoms with Gasteiger partial charge in [0.25, 0.3) is 0 Å². The molecule has 1 aliphatic rings. The molecule has 2 aromatic rings. The lowest BCUT2D eigenvalue weighted by molar-refractivity contribution is 0.562. The van der Waals surface area contributed by atoms with Gasteiger partial charge in [-0.25, -0.2) is 4.68 Å². The molecule has 1 N–H and O–H groups in total. The zero-order valence-electron chi connectivity index (χ0n) is 12.5. The highest BCUT2D eigenvalue weighted by Crippen LogP contribution is 2.36. The van der Waals surface area contributed by atoms with Crippen molar-refractivity contribution >= 4 is 11.8 Å². The normalized spacial score (nSPS) is 16.1. The van der Waals surface area contributed by atoms with Gasteiger partial charge < -0.3 is 5.32 Å². The maximum absolute atomic E-state index is 4.15. The van der Waals surface area contributed by atoms with Gasteiger partial charge >= 0.3 is 0 Å². The fraction of sp³-hybridized carbons (Fsp3) is 0.533. The molecule has 112 valence electrons. The lowest BCUT2D eigenvalue weighted by atomic mass is 10.1. The molecule has 1 aliphatic carbocycles. The molecule has 0 spiro atoms. The Morgan fingerprint density at radius 2 is 2.10 bits per heavy atom. The SMILES string of the molecule is CCNC(CSc1nnnn1C1CC1)c1ccc(C)cc1. The van der Waals surface area contributed by atoms with Crippen LogP contribution in [-0.2, 0) is 0 Å². The second-order valence-corrected chi connectivity index (χ2v) is 6.46. The van der Waals surface area contributed by atoms with Gasteiger partial charge in [-0.15, -0.1) is 5.10 Å². The number of nitrogens with one attached hydrogen (secondary N) is 1. The van der Waals surface area contributed by atoms with E-state index in [9.17, 15) is 0 Å². The monoisotopic (exact) mass is 303 g/mol. The Morgan fingerprint density at radius 1 is 1.33 bits per heavy atom. The fourth-order valence-corrected chi connectivity index (χ4v) is 3.34. The van der Waals surface area contributed by atoms with Crippen molar-refractivity contribution in [2.75, 3.05) is 12.3 Å². The fourth-order valence-electron chi connectivity index (χ4n) is 2.30. The molecule has 0 aliphatic heterocycles. The van der Waals surface area contributed by atoms with Gasteiger partial charge in [0.1, 0.15) is 0 Å². The summed E-state index contributed by atoms with van der Waals surface area (Å²) in [6.07, 6.45) is 2.40. The summed E-state index contributed by atoms with van der Waals surface area (Å²) in [6, 6.07) is 9.58. The average molecular weight is 303 g/mol. The largest absolute Gasteiger partial charge is 0.309 e. The number of hydrogen-bond acceptors (Lipinski definition) is 5. The number of aryl methyl sites for hydroxylation is 1. The zero-order valence-corrected chi connectivity index (χ0v) is 13.3. The highest BCUT2D eigenvalue weighted by atomic mass is 32.2. The molecule has 0 saturated heterocycles. The second-order valence-electron chi connectivity index (χ2n) is 5.47. The molecule has 0 bridgehead atoms. The predicted molar refractivity (Wildman–Crippen MR) is 84.4 cm³/mol. The quantitative estimate of drug-likeness (QED) is 0.797. The Balaban J connectivity index is 1.67. The van der Waals surface area contributed by atoms with Crippen molar-refractivity contribution in [3.8, 4) is 0 Å². The van der Waals surface area contributed by atoms with Gasteiger partial charge in [0.05, 0.1) is 6.04 Å². The lowest BCUT2D eigenvalue weighted by Crippen LogP contribution is -2.23. The molecule has 5 nitrogen and oxygen atoms in total. The molecule has 0 amide bonds. The molecule has 1 heterocycles. The summed E-state index contributed by atoms with van der Waals surface area (Å²) in [4.78, 5) is 0. The topological polar surface area (TPSA) is 55.6 Å². The van der Waals surface area contributed by atoms with E-state index in [-0.39, 0.29) is 0 Å². The number of aromatic nitrogens is 4. The van der Waals surface area contributed by atoms with Crippen molar-refractivity contribution in [2.45, 2.75) is 43.9 Å². The van der Waals surface area contributed by atoms with Crippen LogP contribution in [0, 0.1) is 6.92 Å². The molecular weight excluding hydrogens is 282 g/mol. The number of thioether (sulfide) groups is 1. The van der Waals surface area contributed by atoms with E-state index in [0.717, 1.165) is 17.5 Å². The molecular formula is C15H21N5S. The van der Waals surface area contributed by atoms with Gasteiger partial charge in [0.15, 0.2) is 0 Å². The first kappa shape index (κ1) is 14.5. The van der Waals surface area contributed by atoms with Crippen LogP contribution in [-0.4, -0.2) is 32.5 Å². The van der Waals surface area contributed by atoms with Gasteiger partial charge in [-0.2, -0.15) is 0 Å². The lowest BCUT2D eigenvalue weighted by Gasteiger charge is -2.18. The number of hydrogen-bond donors (Lipinski definition) is 1. The summed E-state index contributed by atoms with van der Waals surface area (Å²) in [7, 11) is 0. The summed E-state index contributed by atoms with van der Waals surface area (Å²) in [5, 5.41) is 16.6. The van der Waals surface area contributed by atoms with E-state index < -0.39 is 0 Å². The van der Waals surface area contributed by atoms with Gasteiger partial charge in [-0.05, 0) is 42.3 Å². The first-order chi connectivity index (χ1) is 10.3. The van der Waals surface area contributed by atoms with Crippen LogP contribution in [0.2, 0.25) is 0 Å². The van der Waals surface area contributed by atoms with Crippen molar-refractivity contribution in [1.82, 2.24) is 25.5 Å². The van der Waals surface area contributed by atoms with Crippen molar-refractivity contribution in [3.05, 3.63) is 35.4 Å². The molecule has 1 fully saturated rings. The number of nitrogens with zero attached hydrogens (tertiary/aromatic N) is 4. The minimum absolute atomic E-state index is 0.324. The maximum atomic E-state index is 4.15.